The van der Waals surface area contributed by atoms with Crippen LogP contribution in [-0.4, -0.2) is 10.7 Å². The van der Waals surface area contributed by atoms with Gasteiger partial charge in [-0.1, -0.05) is 48.5 Å². The Bertz CT molecular complexity index is 738. The van der Waals surface area contributed by atoms with E-state index in [0.29, 0.717) is 5.75 Å². The van der Waals surface area contributed by atoms with Gasteiger partial charge in [-0.15, -0.1) is 11.8 Å². The molecule has 1 aromatic heterocycles. The summed E-state index contributed by atoms with van der Waals surface area (Å²) in [5.74, 6) is 0.460. The molecule has 0 saturated carbocycles. The van der Waals surface area contributed by atoms with Crippen LogP contribution in [0.2, 0.25) is 0 Å². The van der Waals surface area contributed by atoms with Crippen molar-refractivity contribution >= 4 is 22.7 Å². The predicted octanol–water partition coefficient (Wildman–Crippen LogP) is 4.45. The quantitative estimate of drug-likeness (QED) is 0.710. The summed E-state index contributed by atoms with van der Waals surface area (Å²) in [6, 6.07) is 20.6. The molecule has 0 atom stereocenters. The van der Waals surface area contributed by atoms with E-state index in [2.05, 4.69) is 35.3 Å². The lowest BCUT2D eigenvalue weighted by Crippen LogP contribution is -1.80. The van der Waals surface area contributed by atoms with Crippen LogP contribution >= 0.6 is 11.8 Å². The summed E-state index contributed by atoms with van der Waals surface area (Å²) in [7, 11) is 0. The maximum Gasteiger partial charge on any atom is 0.0856 e. The Kier molecular flexibility index (Phi) is 3.26. The Morgan fingerprint density at radius 2 is 1.74 bits per heavy atom. The van der Waals surface area contributed by atoms with Crippen molar-refractivity contribution < 1.29 is 0 Å². The largest absolute Gasteiger partial charge is 0.354 e. The third-order valence-corrected chi connectivity index (χ3v) is 3.99. The number of benzene rings is 2. The first kappa shape index (κ1) is 11.9. The number of aromatic amines is 1. The number of nitrogens with one attached hydrogen (secondary N) is 1. The summed E-state index contributed by atoms with van der Waals surface area (Å²) in [5.41, 5.74) is 3.36. The molecule has 19 heavy (non-hydrogen) atoms. The van der Waals surface area contributed by atoms with Gasteiger partial charge in [-0.25, -0.2) is 0 Å². The van der Waals surface area contributed by atoms with Crippen molar-refractivity contribution in [3.05, 3.63) is 54.6 Å². The Morgan fingerprint density at radius 1 is 1.00 bits per heavy atom. The minimum atomic E-state index is 0.460. The molecule has 0 aliphatic heterocycles. The second kappa shape index (κ2) is 5.21. The zero-order valence-electron chi connectivity index (χ0n) is 10.3. The summed E-state index contributed by atoms with van der Waals surface area (Å²) in [5, 5.41) is 10.00. The number of hydrogen-bond acceptors (Lipinski definition) is 2. The van der Waals surface area contributed by atoms with Crippen molar-refractivity contribution in [2.45, 2.75) is 4.90 Å². The van der Waals surface area contributed by atoms with Crippen LogP contribution in [0.4, 0.5) is 0 Å². The first-order chi connectivity index (χ1) is 9.40. The van der Waals surface area contributed by atoms with Crippen LogP contribution in [0.1, 0.15) is 0 Å². The van der Waals surface area contributed by atoms with E-state index in [1.165, 1.54) is 5.39 Å². The highest BCUT2D eigenvalue weighted by Crippen LogP contribution is 2.37. The molecule has 0 spiro atoms. The second-order valence-corrected chi connectivity index (χ2v) is 5.17. The van der Waals surface area contributed by atoms with Gasteiger partial charge in [-0.05, 0) is 11.6 Å². The molecule has 0 unspecified atom stereocenters. The summed E-state index contributed by atoms with van der Waals surface area (Å²) < 4.78 is 0. The lowest BCUT2D eigenvalue weighted by Gasteiger charge is -2.02. The molecule has 0 fully saturated rings. The molecule has 0 aliphatic rings. The molecule has 1 N–H and O–H groups in total. The van der Waals surface area contributed by atoms with Gasteiger partial charge in [0.05, 0.1) is 17.5 Å². The highest BCUT2D eigenvalue weighted by Gasteiger charge is 2.12. The van der Waals surface area contributed by atoms with Crippen LogP contribution < -0.4 is 0 Å². The van der Waals surface area contributed by atoms with Gasteiger partial charge in [0.25, 0.3) is 0 Å². The number of para-hydroxylation sites is 1. The maximum atomic E-state index is 8.82. The van der Waals surface area contributed by atoms with Crippen LogP contribution in [0, 0.1) is 11.3 Å². The van der Waals surface area contributed by atoms with Crippen molar-refractivity contribution in [2.75, 3.05) is 5.75 Å². The Morgan fingerprint density at radius 3 is 2.53 bits per heavy atom. The highest BCUT2D eigenvalue weighted by molar-refractivity contribution is 7.99. The molecule has 2 aromatic carbocycles. The molecule has 1 heterocycles. The number of fused-ring (bicyclic) bond motifs is 1. The van der Waals surface area contributed by atoms with E-state index in [0.717, 1.165) is 21.7 Å². The number of hydrogen-bond donors (Lipinski definition) is 1. The Labute approximate surface area is 116 Å². The molecule has 3 aromatic rings. The first-order valence-corrected chi connectivity index (χ1v) is 7.04. The zero-order valence-corrected chi connectivity index (χ0v) is 11.1. The number of nitrogens with zero attached hydrogens (tertiary/aromatic N) is 1. The number of nitriles is 1. The Balaban J connectivity index is 2.20. The third-order valence-electron chi connectivity index (χ3n) is 3.00. The van der Waals surface area contributed by atoms with Crippen molar-refractivity contribution in [3.63, 3.8) is 0 Å². The molecule has 0 saturated heterocycles. The van der Waals surface area contributed by atoms with E-state index in [4.69, 9.17) is 5.26 Å². The Hall–Kier alpha value is -2.18. The monoisotopic (exact) mass is 264 g/mol. The average Bonchev–Trinajstić information content (AvgIpc) is 2.85. The van der Waals surface area contributed by atoms with Crippen LogP contribution in [0.5, 0.6) is 0 Å². The van der Waals surface area contributed by atoms with Gasteiger partial charge in [0, 0.05) is 15.8 Å². The summed E-state index contributed by atoms with van der Waals surface area (Å²) in [4.78, 5) is 4.62. The van der Waals surface area contributed by atoms with E-state index in [-0.39, 0.29) is 0 Å². The minimum Gasteiger partial charge on any atom is -0.354 e. The zero-order chi connectivity index (χ0) is 13.1. The smallest absolute Gasteiger partial charge is 0.0856 e. The SMILES string of the molecule is N#CCSc1c(-c2ccccc2)[nH]c2ccccc12. The predicted molar refractivity (Wildman–Crippen MR) is 80.1 cm³/mol. The van der Waals surface area contributed by atoms with Crippen molar-refractivity contribution in [1.29, 1.82) is 5.26 Å². The van der Waals surface area contributed by atoms with E-state index in [1.54, 1.807) is 11.8 Å². The fourth-order valence-electron chi connectivity index (χ4n) is 2.18. The van der Waals surface area contributed by atoms with E-state index < -0.39 is 0 Å². The molecular weight excluding hydrogens is 252 g/mol. The maximum absolute atomic E-state index is 8.82. The van der Waals surface area contributed by atoms with Crippen LogP contribution in [0.3, 0.4) is 0 Å². The lowest BCUT2D eigenvalue weighted by molar-refractivity contribution is 1.39. The summed E-state index contributed by atoms with van der Waals surface area (Å²) >= 11 is 1.59. The minimum absolute atomic E-state index is 0.460. The molecule has 0 amide bonds. The van der Waals surface area contributed by atoms with Crippen molar-refractivity contribution in [1.82, 2.24) is 4.98 Å². The van der Waals surface area contributed by atoms with Gasteiger partial charge in [0.1, 0.15) is 0 Å². The highest BCUT2D eigenvalue weighted by atomic mass is 32.2. The van der Waals surface area contributed by atoms with E-state index >= 15 is 0 Å². The average molecular weight is 264 g/mol. The second-order valence-electron chi connectivity index (χ2n) is 4.19. The van der Waals surface area contributed by atoms with Gasteiger partial charge < -0.3 is 4.98 Å². The normalized spacial score (nSPS) is 10.5. The first-order valence-electron chi connectivity index (χ1n) is 6.06. The molecule has 92 valence electrons. The van der Waals surface area contributed by atoms with E-state index in [9.17, 15) is 0 Å². The molecular formula is C16H12N2S. The van der Waals surface area contributed by atoms with Gasteiger partial charge in [0.2, 0.25) is 0 Å². The molecule has 0 radical (unpaired) electrons. The van der Waals surface area contributed by atoms with Crippen molar-refractivity contribution in [2.24, 2.45) is 0 Å². The van der Waals surface area contributed by atoms with Gasteiger partial charge in [-0.3, -0.25) is 0 Å². The fraction of sp³-hybridized carbons (Fsp3) is 0.0625. The molecule has 0 aliphatic carbocycles. The van der Waals surface area contributed by atoms with E-state index in [1.807, 2.05) is 30.3 Å². The van der Waals surface area contributed by atoms with Gasteiger partial charge in [-0.2, -0.15) is 5.26 Å². The van der Waals surface area contributed by atoms with Crippen molar-refractivity contribution in [3.8, 4) is 17.3 Å². The van der Waals surface area contributed by atoms with Gasteiger partial charge >= 0.3 is 0 Å². The third kappa shape index (κ3) is 2.23. The summed E-state index contributed by atoms with van der Waals surface area (Å²) in [6.45, 7) is 0. The van der Waals surface area contributed by atoms with Gasteiger partial charge in [0.15, 0.2) is 0 Å². The molecule has 3 heteroatoms. The van der Waals surface area contributed by atoms with Crippen LogP contribution in [0.15, 0.2) is 59.5 Å². The topological polar surface area (TPSA) is 39.6 Å². The lowest BCUT2D eigenvalue weighted by atomic mass is 10.1. The number of thioether (sulfide) groups is 1. The number of aromatic nitrogens is 1. The van der Waals surface area contributed by atoms with Crippen LogP contribution in [0.25, 0.3) is 22.2 Å². The number of H-pyrrole nitrogens is 1. The fourth-order valence-corrected chi connectivity index (χ4v) is 3.03. The molecule has 2 nitrogen and oxygen atoms in total. The standard InChI is InChI=1S/C16H12N2S/c17-10-11-19-16-13-8-4-5-9-14(13)18-15(16)12-6-2-1-3-7-12/h1-9,18H,11H2. The molecule has 3 rings (SSSR count). The molecule has 0 bridgehead atoms. The van der Waals surface area contributed by atoms with Crippen LogP contribution in [-0.2, 0) is 0 Å². The summed E-state index contributed by atoms with van der Waals surface area (Å²) in [6.07, 6.45) is 0. The number of rotatable bonds is 3.